The summed E-state index contributed by atoms with van der Waals surface area (Å²) in [5.41, 5.74) is 14.7. The number of likely N-dealkylation sites (tertiary alicyclic amines) is 1. The minimum atomic E-state index is -0.821. The maximum atomic E-state index is 13.7. The summed E-state index contributed by atoms with van der Waals surface area (Å²) in [6.07, 6.45) is 2.99. The number of carbonyl (C=O) groups excluding carboxylic acids is 2. The number of nitro benzene ring substituents is 1. The first-order valence-electron chi connectivity index (χ1n) is 14.4. The van der Waals surface area contributed by atoms with Crippen molar-refractivity contribution in [1.82, 2.24) is 15.5 Å². The van der Waals surface area contributed by atoms with Crippen LogP contribution in [0.4, 0.5) is 5.69 Å². The first kappa shape index (κ1) is 30.9. The summed E-state index contributed by atoms with van der Waals surface area (Å²) in [6, 6.07) is 16.4. The summed E-state index contributed by atoms with van der Waals surface area (Å²) in [7, 11) is 0. The van der Waals surface area contributed by atoms with Gasteiger partial charge in [-0.15, -0.1) is 0 Å². The highest BCUT2D eigenvalue weighted by Crippen LogP contribution is 2.38. The van der Waals surface area contributed by atoms with Crippen LogP contribution in [0.1, 0.15) is 49.1 Å². The number of nitrogens with two attached hydrogens (primary N) is 2. The van der Waals surface area contributed by atoms with Gasteiger partial charge < -0.3 is 31.7 Å². The van der Waals surface area contributed by atoms with Crippen molar-refractivity contribution in [3.05, 3.63) is 98.4 Å². The molecule has 2 heterocycles. The van der Waals surface area contributed by atoms with E-state index in [0.29, 0.717) is 41.5 Å². The Morgan fingerprint density at radius 3 is 2.38 bits per heavy atom. The number of piperidine rings is 1. The number of allylic oxidation sites excluding steroid dienone is 1. The van der Waals surface area contributed by atoms with Crippen molar-refractivity contribution >= 4 is 17.5 Å². The molecule has 2 aromatic rings. The fourth-order valence-electron chi connectivity index (χ4n) is 5.80. The molecule has 1 unspecified atom stereocenters. The predicted molar refractivity (Wildman–Crippen MR) is 160 cm³/mol. The second kappa shape index (κ2) is 14.7. The average Bonchev–Trinajstić information content (AvgIpc) is 2.99. The molecule has 2 aliphatic heterocycles. The number of rotatable bonds is 13. The lowest BCUT2D eigenvalue weighted by Crippen LogP contribution is -2.40. The molecule has 2 aromatic carbocycles. The molecule has 0 spiro atoms. The van der Waals surface area contributed by atoms with E-state index in [9.17, 15) is 19.7 Å². The number of benzene rings is 2. The van der Waals surface area contributed by atoms with Gasteiger partial charge in [0.1, 0.15) is 0 Å². The number of hydrogen-bond acceptors (Lipinski definition) is 8. The molecule has 0 saturated carbocycles. The van der Waals surface area contributed by atoms with Crippen LogP contribution in [0, 0.1) is 10.1 Å². The summed E-state index contributed by atoms with van der Waals surface area (Å²) in [6.45, 7) is 5.71. The summed E-state index contributed by atoms with van der Waals surface area (Å²) in [5.74, 6) is -1.28. The van der Waals surface area contributed by atoms with Gasteiger partial charge in [0.15, 0.2) is 0 Å². The van der Waals surface area contributed by atoms with Gasteiger partial charge in [-0.25, -0.2) is 0 Å². The second-order valence-corrected chi connectivity index (χ2v) is 10.7. The molecule has 11 heteroatoms. The van der Waals surface area contributed by atoms with Gasteiger partial charge in [0.25, 0.3) is 5.69 Å². The van der Waals surface area contributed by atoms with Gasteiger partial charge in [0, 0.05) is 42.4 Å². The molecule has 1 saturated heterocycles. The molecule has 0 aliphatic carbocycles. The molecule has 0 radical (unpaired) electrons. The molecule has 0 aromatic heterocycles. The summed E-state index contributed by atoms with van der Waals surface area (Å²) in [5, 5.41) is 17.4. The number of non-ortho nitro benzene ring substituents is 1. The highest BCUT2D eigenvalue weighted by Gasteiger charge is 2.37. The van der Waals surface area contributed by atoms with Crippen LogP contribution in [0.2, 0.25) is 0 Å². The number of nitrogens with zero attached hydrogens (tertiary/aromatic N) is 2. The average molecular weight is 577 g/mol. The van der Waals surface area contributed by atoms with Crippen molar-refractivity contribution in [1.29, 1.82) is 0 Å². The van der Waals surface area contributed by atoms with Crippen molar-refractivity contribution in [2.75, 3.05) is 45.9 Å². The second-order valence-electron chi connectivity index (χ2n) is 10.7. The first-order chi connectivity index (χ1) is 20.3. The Morgan fingerprint density at radius 1 is 1.07 bits per heavy atom. The molecule has 2 aliphatic rings. The molecular weight excluding hydrogens is 536 g/mol. The standard InChI is InChI=1S/C31H40N6O5/c1-21-27(30(33)38)28(24-8-10-25(11-9-24)37(40)41)29(26(35-21)20-42-19-14-32)31(39)34-15-5-16-36-17-12-23(13-18-36)22-6-3-2-4-7-22/h2-4,6-11,23,28,35H,5,12-20,32H2,1H3,(H2,33,38)(H,34,39). The Labute approximate surface area is 246 Å². The number of ether oxygens (including phenoxy) is 1. The first-order valence-corrected chi connectivity index (χ1v) is 14.4. The Morgan fingerprint density at radius 2 is 1.76 bits per heavy atom. The minimum Gasteiger partial charge on any atom is -0.374 e. The number of nitro groups is 1. The highest BCUT2D eigenvalue weighted by atomic mass is 16.6. The largest absolute Gasteiger partial charge is 0.374 e. The Kier molecular flexibility index (Phi) is 10.8. The maximum Gasteiger partial charge on any atom is 0.269 e. The van der Waals surface area contributed by atoms with E-state index in [0.717, 1.165) is 38.9 Å². The Bertz CT molecular complexity index is 1320. The van der Waals surface area contributed by atoms with Crippen LogP contribution in [0.25, 0.3) is 0 Å². The van der Waals surface area contributed by atoms with Crippen molar-refractivity contribution < 1.29 is 19.2 Å². The molecule has 224 valence electrons. The number of amides is 2. The fraction of sp³-hybridized carbons (Fsp3) is 0.419. The van der Waals surface area contributed by atoms with Gasteiger partial charge in [-0.3, -0.25) is 19.7 Å². The van der Waals surface area contributed by atoms with Crippen LogP contribution in [-0.2, 0) is 14.3 Å². The summed E-state index contributed by atoms with van der Waals surface area (Å²) < 4.78 is 5.67. The molecule has 0 bridgehead atoms. The lowest BCUT2D eigenvalue weighted by molar-refractivity contribution is -0.384. The minimum absolute atomic E-state index is 0.0726. The van der Waals surface area contributed by atoms with Crippen molar-refractivity contribution in [2.24, 2.45) is 11.5 Å². The molecule has 1 fully saturated rings. The third-order valence-corrected chi connectivity index (χ3v) is 7.90. The molecule has 4 rings (SSSR count). The third kappa shape index (κ3) is 7.61. The normalized spacial score (nSPS) is 18.1. The third-order valence-electron chi connectivity index (χ3n) is 7.90. The van der Waals surface area contributed by atoms with Crippen LogP contribution in [-0.4, -0.2) is 67.6 Å². The zero-order valence-electron chi connectivity index (χ0n) is 24.0. The number of primary amides is 1. The molecule has 2 amide bonds. The van der Waals surface area contributed by atoms with Crippen LogP contribution < -0.4 is 22.1 Å². The predicted octanol–water partition coefficient (Wildman–Crippen LogP) is 2.66. The number of nitrogens with one attached hydrogen (secondary N) is 2. The van der Waals surface area contributed by atoms with Crippen LogP contribution in [0.15, 0.2) is 77.1 Å². The highest BCUT2D eigenvalue weighted by molar-refractivity contribution is 6.03. The molecular formula is C31H40N6O5. The van der Waals surface area contributed by atoms with Gasteiger partial charge in [-0.2, -0.15) is 0 Å². The van der Waals surface area contributed by atoms with Crippen LogP contribution in [0.3, 0.4) is 0 Å². The van der Waals surface area contributed by atoms with Crippen LogP contribution in [0.5, 0.6) is 0 Å². The summed E-state index contributed by atoms with van der Waals surface area (Å²) >= 11 is 0. The smallest absolute Gasteiger partial charge is 0.269 e. The van der Waals surface area contributed by atoms with Gasteiger partial charge in [-0.1, -0.05) is 42.5 Å². The molecule has 1 atom stereocenters. The lowest BCUT2D eigenvalue weighted by atomic mass is 9.79. The molecule has 11 nitrogen and oxygen atoms in total. The lowest BCUT2D eigenvalue weighted by Gasteiger charge is -2.33. The quantitative estimate of drug-likeness (QED) is 0.160. The van der Waals surface area contributed by atoms with E-state index in [-0.39, 0.29) is 30.4 Å². The zero-order valence-corrected chi connectivity index (χ0v) is 24.0. The monoisotopic (exact) mass is 576 g/mol. The van der Waals surface area contributed by atoms with Crippen LogP contribution >= 0.6 is 0 Å². The molecule has 6 N–H and O–H groups in total. The number of hydrogen-bond donors (Lipinski definition) is 4. The van der Waals surface area contributed by atoms with Gasteiger partial charge in [0.2, 0.25) is 11.8 Å². The Balaban J connectivity index is 1.46. The zero-order chi connectivity index (χ0) is 30.1. The topological polar surface area (TPSA) is 166 Å². The molecule has 42 heavy (non-hydrogen) atoms. The van der Waals surface area contributed by atoms with E-state index < -0.39 is 16.7 Å². The van der Waals surface area contributed by atoms with E-state index in [2.05, 4.69) is 39.8 Å². The van der Waals surface area contributed by atoms with Crippen molar-refractivity contribution in [3.8, 4) is 0 Å². The van der Waals surface area contributed by atoms with E-state index in [1.54, 1.807) is 19.1 Å². The van der Waals surface area contributed by atoms with E-state index >= 15 is 0 Å². The Hall–Kier alpha value is -4.06. The van der Waals surface area contributed by atoms with E-state index in [1.165, 1.54) is 17.7 Å². The summed E-state index contributed by atoms with van der Waals surface area (Å²) in [4.78, 5) is 39.5. The van der Waals surface area contributed by atoms with E-state index in [4.69, 9.17) is 16.2 Å². The van der Waals surface area contributed by atoms with Gasteiger partial charge in [0.05, 0.1) is 29.4 Å². The van der Waals surface area contributed by atoms with Crippen molar-refractivity contribution in [3.63, 3.8) is 0 Å². The van der Waals surface area contributed by atoms with Crippen molar-refractivity contribution in [2.45, 2.75) is 38.0 Å². The fourth-order valence-corrected chi connectivity index (χ4v) is 5.80. The van der Waals surface area contributed by atoms with Gasteiger partial charge >= 0.3 is 0 Å². The SMILES string of the molecule is CC1=C(C(N)=O)C(c2ccc([N+](=O)[O-])cc2)C(C(=O)NCCCN2CCC(c3ccccc3)CC2)=C(COCCN)N1. The van der Waals surface area contributed by atoms with E-state index in [1.807, 2.05) is 6.07 Å². The maximum absolute atomic E-state index is 13.7. The van der Waals surface area contributed by atoms with Gasteiger partial charge in [-0.05, 0) is 62.9 Å². The number of dihydropyridines is 1. The number of carbonyl (C=O) groups is 2.